The van der Waals surface area contributed by atoms with E-state index in [9.17, 15) is 13.2 Å². The maximum atomic E-state index is 12.7. The molecule has 0 aromatic carbocycles. The van der Waals surface area contributed by atoms with Gasteiger partial charge in [0, 0.05) is 19.3 Å². The lowest BCUT2D eigenvalue weighted by Gasteiger charge is -2.21. The lowest BCUT2D eigenvalue weighted by molar-refractivity contribution is -0.166. The van der Waals surface area contributed by atoms with Gasteiger partial charge in [0.15, 0.2) is 0 Å². The quantitative estimate of drug-likeness (QED) is 0.866. The van der Waals surface area contributed by atoms with E-state index in [2.05, 4.69) is 10.3 Å². The third-order valence-corrected chi connectivity index (χ3v) is 3.16. The molecule has 0 saturated heterocycles. The highest BCUT2D eigenvalue weighted by atomic mass is 19.4. The Kier molecular flexibility index (Phi) is 3.16. The zero-order valence-corrected chi connectivity index (χ0v) is 9.72. The highest BCUT2D eigenvalue weighted by Crippen LogP contribution is 2.49. The van der Waals surface area contributed by atoms with E-state index in [1.807, 2.05) is 11.5 Å². The van der Waals surface area contributed by atoms with Gasteiger partial charge < -0.3 is 4.57 Å². The van der Waals surface area contributed by atoms with Crippen molar-refractivity contribution in [3.63, 3.8) is 0 Å². The number of alkyl halides is 3. The molecule has 6 heteroatoms. The maximum absolute atomic E-state index is 12.7. The maximum Gasteiger partial charge on any atom is 0.406 e. The van der Waals surface area contributed by atoms with Gasteiger partial charge in [0.25, 0.3) is 0 Å². The molecule has 1 aromatic heterocycles. The zero-order chi connectivity index (χ0) is 12.5. The molecule has 2 rings (SSSR count). The van der Waals surface area contributed by atoms with Crippen molar-refractivity contribution < 1.29 is 13.2 Å². The number of halogens is 3. The molecule has 3 nitrogen and oxygen atoms in total. The Hall–Kier alpha value is -1.04. The predicted molar refractivity (Wildman–Crippen MR) is 57.4 cm³/mol. The van der Waals surface area contributed by atoms with Crippen molar-refractivity contribution in [2.45, 2.75) is 51.0 Å². The number of nitrogens with zero attached hydrogens (tertiary/aromatic N) is 2. The molecule has 1 aliphatic carbocycles. The fourth-order valence-electron chi connectivity index (χ4n) is 1.88. The van der Waals surface area contributed by atoms with Crippen molar-refractivity contribution in [2.24, 2.45) is 0 Å². The summed E-state index contributed by atoms with van der Waals surface area (Å²) in [5, 5.41) is 2.63. The number of imidazole rings is 1. The normalized spacial score (nSPS) is 18.4. The molecule has 96 valence electrons. The van der Waals surface area contributed by atoms with Crippen LogP contribution >= 0.6 is 0 Å². The van der Waals surface area contributed by atoms with Crippen LogP contribution in [-0.2, 0) is 13.1 Å². The van der Waals surface area contributed by atoms with Crippen LogP contribution in [0.3, 0.4) is 0 Å². The third kappa shape index (κ3) is 2.46. The zero-order valence-electron chi connectivity index (χ0n) is 9.72. The first kappa shape index (κ1) is 12.4. The molecular weight excluding hydrogens is 231 g/mol. The van der Waals surface area contributed by atoms with Gasteiger partial charge in [0.05, 0.1) is 12.0 Å². The molecule has 1 saturated carbocycles. The Balaban J connectivity index is 1.96. The first-order valence-corrected chi connectivity index (χ1v) is 5.79. The van der Waals surface area contributed by atoms with Crippen LogP contribution in [0.25, 0.3) is 0 Å². The second-order valence-corrected chi connectivity index (χ2v) is 4.51. The van der Waals surface area contributed by atoms with E-state index in [0.717, 1.165) is 18.7 Å². The molecule has 0 aliphatic heterocycles. The van der Waals surface area contributed by atoms with Crippen molar-refractivity contribution in [3.05, 3.63) is 18.2 Å². The van der Waals surface area contributed by atoms with Gasteiger partial charge in [-0.1, -0.05) is 6.92 Å². The molecule has 1 aliphatic rings. The highest BCUT2D eigenvalue weighted by molar-refractivity contribution is 5.10. The minimum absolute atomic E-state index is 0.179. The Labute approximate surface area is 98.0 Å². The smallest absolute Gasteiger partial charge is 0.333 e. The summed E-state index contributed by atoms with van der Waals surface area (Å²) in [5.41, 5.74) is -0.837. The lowest BCUT2D eigenvalue weighted by Crippen LogP contribution is -2.44. The SMILES string of the molecule is CCCn1cncc1CNC1(C(F)(F)F)CC1. The molecule has 1 aromatic rings. The summed E-state index contributed by atoms with van der Waals surface area (Å²) in [6.45, 7) is 3.03. The molecule has 17 heavy (non-hydrogen) atoms. The van der Waals surface area contributed by atoms with Crippen molar-refractivity contribution >= 4 is 0 Å². The van der Waals surface area contributed by atoms with Gasteiger partial charge in [-0.25, -0.2) is 4.98 Å². The van der Waals surface area contributed by atoms with Crippen LogP contribution in [0.1, 0.15) is 31.9 Å². The number of rotatable bonds is 5. The molecule has 1 fully saturated rings. The summed E-state index contributed by atoms with van der Waals surface area (Å²) in [5.74, 6) is 0. The number of aromatic nitrogens is 2. The molecule has 0 amide bonds. The highest BCUT2D eigenvalue weighted by Gasteiger charge is 2.62. The standard InChI is InChI=1S/C11H16F3N3/c1-2-5-17-8-15-6-9(17)7-16-10(3-4-10)11(12,13)14/h6,8,16H,2-5,7H2,1H3. The van der Waals surface area contributed by atoms with Crippen LogP contribution in [0.15, 0.2) is 12.5 Å². The number of hydrogen-bond donors (Lipinski definition) is 1. The summed E-state index contributed by atoms with van der Waals surface area (Å²) < 4.78 is 40.0. The van der Waals surface area contributed by atoms with Crippen molar-refractivity contribution in [3.8, 4) is 0 Å². The summed E-state index contributed by atoms with van der Waals surface area (Å²) >= 11 is 0. The van der Waals surface area contributed by atoms with Gasteiger partial charge in [0.1, 0.15) is 5.54 Å². The van der Waals surface area contributed by atoms with E-state index in [0.29, 0.717) is 0 Å². The molecule has 1 N–H and O–H groups in total. The van der Waals surface area contributed by atoms with Gasteiger partial charge in [-0.3, -0.25) is 5.32 Å². The minimum atomic E-state index is -4.15. The molecule has 0 atom stereocenters. The van der Waals surface area contributed by atoms with Crippen molar-refractivity contribution in [1.29, 1.82) is 0 Å². The Morgan fingerprint density at radius 3 is 2.71 bits per heavy atom. The number of hydrogen-bond acceptors (Lipinski definition) is 2. The van der Waals surface area contributed by atoms with Crippen LogP contribution in [0.2, 0.25) is 0 Å². The minimum Gasteiger partial charge on any atom is -0.333 e. The molecule has 0 radical (unpaired) electrons. The Morgan fingerprint density at radius 2 is 2.18 bits per heavy atom. The monoisotopic (exact) mass is 247 g/mol. The second kappa shape index (κ2) is 4.33. The van der Waals surface area contributed by atoms with E-state index in [-0.39, 0.29) is 19.4 Å². The van der Waals surface area contributed by atoms with Crippen LogP contribution in [0.5, 0.6) is 0 Å². The largest absolute Gasteiger partial charge is 0.406 e. The Bertz CT molecular complexity index is 380. The number of nitrogens with one attached hydrogen (secondary N) is 1. The van der Waals surface area contributed by atoms with Crippen molar-refractivity contribution in [2.75, 3.05) is 0 Å². The average Bonchev–Trinajstić information content (AvgIpc) is 2.93. The van der Waals surface area contributed by atoms with E-state index in [1.165, 1.54) is 0 Å². The fraction of sp³-hybridized carbons (Fsp3) is 0.727. The van der Waals surface area contributed by atoms with Gasteiger partial charge in [0.2, 0.25) is 0 Å². The van der Waals surface area contributed by atoms with Gasteiger partial charge in [-0.15, -0.1) is 0 Å². The second-order valence-electron chi connectivity index (χ2n) is 4.51. The molecule has 0 spiro atoms. The third-order valence-electron chi connectivity index (χ3n) is 3.16. The fourth-order valence-corrected chi connectivity index (χ4v) is 1.88. The topological polar surface area (TPSA) is 29.9 Å². The molecule has 1 heterocycles. The first-order chi connectivity index (χ1) is 7.98. The number of aryl methyl sites for hydroxylation is 1. The predicted octanol–water partition coefficient (Wildman–Crippen LogP) is 2.48. The molecule has 0 bridgehead atoms. The van der Waals surface area contributed by atoms with Gasteiger partial charge in [-0.2, -0.15) is 13.2 Å². The lowest BCUT2D eigenvalue weighted by atomic mass is 10.2. The molecular formula is C11H16F3N3. The van der Waals surface area contributed by atoms with Crippen LogP contribution in [0, 0.1) is 0 Å². The van der Waals surface area contributed by atoms with Crippen LogP contribution < -0.4 is 5.32 Å². The summed E-state index contributed by atoms with van der Waals surface area (Å²) in [6.07, 6.45) is 0.427. The van der Waals surface area contributed by atoms with E-state index < -0.39 is 11.7 Å². The van der Waals surface area contributed by atoms with E-state index in [4.69, 9.17) is 0 Å². The van der Waals surface area contributed by atoms with E-state index >= 15 is 0 Å². The van der Waals surface area contributed by atoms with Gasteiger partial charge in [-0.05, 0) is 19.3 Å². The summed E-state index contributed by atoms with van der Waals surface area (Å²) in [4.78, 5) is 3.97. The summed E-state index contributed by atoms with van der Waals surface area (Å²) in [6, 6.07) is 0. The van der Waals surface area contributed by atoms with E-state index in [1.54, 1.807) is 12.5 Å². The Morgan fingerprint density at radius 1 is 1.47 bits per heavy atom. The summed E-state index contributed by atoms with van der Waals surface area (Å²) in [7, 11) is 0. The molecule has 0 unspecified atom stereocenters. The van der Waals surface area contributed by atoms with Crippen molar-refractivity contribution in [1.82, 2.24) is 14.9 Å². The first-order valence-electron chi connectivity index (χ1n) is 5.79. The average molecular weight is 247 g/mol. The van der Waals surface area contributed by atoms with Crippen LogP contribution in [-0.4, -0.2) is 21.3 Å². The van der Waals surface area contributed by atoms with Gasteiger partial charge >= 0.3 is 6.18 Å². The van der Waals surface area contributed by atoms with Crippen LogP contribution in [0.4, 0.5) is 13.2 Å².